The number of para-hydroxylation sites is 1. The zero-order valence-electron chi connectivity index (χ0n) is 19.7. The molecule has 8 nitrogen and oxygen atoms in total. The Balaban J connectivity index is 1.86. The first-order valence-corrected chi connectivity index (χ1v) is 12.7. The molecule has 1 atom stereocenters. The molecule has 2 N–H and O–H groups in total. The number of nitrogens with zero attached hydrogens (tertiary/aromatic N) is 1. The number of anilines is 2. The third-order valence-corrected chi connectivity index (χ3v) is 6.69. The summed E-state index contributed by atoms with van der Waals surface area (Å²) in [6.45, 7) is 5.76. The predicted octanol–water partition coefficient (Wildman–Crippen LogP) is 4.01. The van der Waals surface area contributed by atoms with E-state index in [0.717, 1.165) is 21.7 Å². The summed E-state index contributed by atoms with van der Waals surface area (Å²) in [5, 5.41) is 5.51. The number of aryl methyl sites for hydroxylation is 2. The fourth-order valence-corrected chi connectivity index (χ4v) is 4.81. The van der Waals surface area contributed by atoms with Gasteiger partial charge in [-0.3, -0.25) is 13.9 Å². The number of furan rings is 1. The van der Waals surface area contributed by atoms with E-state index in [-0.39, 0.29) is 24.2 Å². The SMILES string of the molecule is CC[C@H](C(=O)Nc1ccccc1C(=O)NCc1ccco1)N(c1ccc(C)c(C)c1)S(C)(=O)=O. The van der Waals surface area contributed by atoms with Crippen LogP contribution >= 0.6 is 0 Å². The highest BCUT2D eigenvalue weighted by Gasteiger charge is 2.32. The number of hydrogen-bond donors (Lipinski definition) is 2. The van der Waals surface area contributed by atoms with Gasteiger partial charge in [-0.1, -0.05) is 25.1 Å². The number of sulfonamides is 1. The predicted molar refractivity (Wildman–Crippen MR) is 132 cm³/mol. The number of hydrogen-bond acceptors (Lipinski definition) is 5. The van der Waals surface area contributed by atoms with Crippen molar-refractivity contribution in [1.82, 2.24) is 5.32 Å². The van der Waals surface area contributed by atoms with E-state index in [2.05, 4.69) is 10.6 Å². The maximum Gasteiger partial charge on any atom is 0.253 e. The van der Waals surface area contributed by atoms with Crippen molar-refractivity contribution in [1.29, 1.82) is 0 Å². The van der Waals surface area contributed by atoms with Crippen molar-refractivity contribution in [2.75, 3.05) is 15.9 Å². The molecule has 0 aliphatic rings. The molecular formula is C25H29N3O5S. The summed E-state index contributed by atoms with van der Waals surface area (Å²) in [7, 11) is -3.77. The summed E-state index contributed by atoms with van der Waals surface area (Å²) in [6.07, 6.45) is 2.83. The summed E-state index contributed by atoms with van der Waals surface area (Å²) in [6, 6.07) is 14.3. The van der Waals surface area contributed by atoms with Crippen molar-refractivity contribution in [3.8, 4) is 0 Å². The average molecular weight is 484 g/mol. The summed E-state index contributed by atoms with van der Waals surface area (Å²) in [5.74, 6) is -0.329. The van der Waals surface area contributed by atoms with Crippen molar-refractivity contribution in [2.45, 2.75) is 39.8 Å². The normalized spacial score (nSPS) is 12.1. The van der Waals surface area contributed by atoms with Gasteiger partial charge in [0, 0.05) is 0 Å². The number of carbonyl (C=O) groups is 2. The fourth-order valence-electron chi connectivity index (χ4n) is 3.60. The molecule has 0 saturated carbocycles. The van der Waals surface area contributed by atoms with Gasteiger partial charge in [0.2, 0.25) is 15.9 Å². The topological polar surface area (TPSA) is 109 Å². The molecule has 0 aliphatic heterocycles. The first-order chi connectivity index (χ1) is 16.1. The van der Waals surface area contributed by atoms with E-state index in [9.17, 15) is 18.0 Å². The molecule has 9 heteroatoms. The second-order valence-electron chi connectivity index (χ2n) is 8.05. The van der Waals surface area contributed by atoms with Crippen molar-refractivity contribution in [3.63, 3.8) is 0 Å². The summed E-state index contributed by atoms with van der Waals surface area (Å²) in [5.41, 5.74) is 2.90. The molecule has 0 saturated heterocycles. The first kappa shape index (κ1) is 25.0. The van der Waals surface area contributed by atoms with Crippen LogP contribution in [0, 0.1) is 13.8 Å². The molecule has 2 aromatic carbocycles. The Morgan fingerprint density at radius 2 is 1.76 bits per heavy atom. The van der Waals surface area contributed by atoms with E-state index in [0.29, 0.717) is 11.4 Å². The summed E-state index contributed by atoms with van der Waals surface area (Å²) >= 11 is 0. The molecule has 180 valence electrons. The van der Waals surface area contributed by atoms with Gasteiger partial charge in [0.1, 0.15) is 11.8 Å². The summed E-state index contributed by atoms with van der Waals surface area (Å²) in [4.78, 5) is 26.1. The van der Waals surface area contributed by atoms with E-state index in [1.54, 1.807) is 55.5 Å². The minimum Gasteiger partial charge on any atom is -0.467 e. The third kappa shape index (κ3) is 5.85. The Labute approximate surface area is 200 Å². The van der Waals surface area contributed by atoms with Gasteiger partial charge >= 0.3 is 0 Å². The fraction of sp³-hybridized carbons (Fsp3) is 0.280. The van der Waals surface area contributed by atoms with Gasteiger partial charge in [-0.15, -0.1) is 0 Å². The Kier molecular flexibility index (Phi) is 7.78. The highest BCUT2D eigenvalue weighted by Crippen LogP contribution is 2.26. The standard InChI is InChI=1S/C25H29N3O5S/c1-5-23(28(34(4,31)32)19-13-12-17(2)18(3)15-19)25(30)27-22-11-7-6-10-21(22)24(29)26-16-20-9-8-14-33-20/h6-15,23H,5,16H2,1-4H3,(H,26,29)(H,27,30)/t23-/m1/s1. The largest absolute Gasteiger partial charge is 0.467 e. The van der Waals surface area contributed by atoms with Gasteiger partial charge in [0.05, 0.1) is 36.0 Å². The number of carbonyl (C=O) groups excluding carboxylic acids is 2. The van der Waals surface area contributed by atoms with Crippen molar-refractivity contribution < 1.29 is 22.4 Å². The number of amides is 2. The molecule has 3 aromatic rings. The quantitative estimate of drug-likeness (QED) is 0.478. The zero-order valence-corrected chi connectivity index (χ0v) is 20.5. The summed E-state index contributed by atoms with van der Waals surface area (Å²) < 4.78 is 31.8. The second kappa shape index (κ2) is 10.6. The van der Waals surface area contributed by atoms with Crippen molar-refractivity contribution in [3.05, 3.63) is 83.3 Å². The minimum atomic E-state index is -3.77. The van der Waals surface area contributed by atoms with Gasteiger partial charge in [-0.2, -0.15) is 0 Å². The molecule has 0 bridgehead atoms. The van der Waals surface area contributed by atoms with E-state index in [1.807, 2.05) is 19.9 Å². The number of benzene rings is 2. The Hall–Kier alpha value is -3.59. The maximum absolute atomic E-state index is 13.3. The molecule has 1 heterocycles. The molecule has 1 aromatic heterocycles. The molecule has 0 unspecified atom stereocenters. The van der Waals surface area contributed by atoms with Crippen LogP contribution in [-0.2, 0) is 21.4 Å². The van der Waals surface area contributed by atoms with E-state index >= 15 is 0 Å². The van der Waals surface area contributed by atoms with Crippen LogP contribution in [0.5, 0.6) is 0 Å². The molecule has 0 aliphatic carbocycles. The van der Waals surface area contributed by atoms with Gasteiger partial charge < -0.3 is 15.1 Å². The van der Waals surface area contributed by atoms with E-state index < -0.39 is 27.9 Å². The lowest BCUT2D eigenvalue weighted by Gasteiger charge is -2.30. The Morgan fingerprint density at radius 3 is 2.38 bits per heavy atom. The lowest BCUT2D eigenvalue weighted by molar-refractivity contribution is -0.117. The second-order valence-corrected chi connectivity index (χ2v) is 9.91. The van der Waals surface area contributed by atoms with Crippen LogP contribution in [-0.4, -0.2) is 32.5 Å². The molecule has 0 radical (unpaired) electrons. The zero-order chi connectivity index (χ0) is 24.9. The lowest BCUT2D eigenvalue weighted by Crippen LogP contribution is -2.47. The minimum absolute atomic E-state index is 0.195. The molecular weight excluding hydrogens is 454 g/mol. The van der Waals surface area contributed by atoms with Gasteiger partial charge in [0.15, 0.2) is 0 Å². The highest BCUT2D eigenvalue weighted by molar-refractivity contribution is 7.92. The van der Waals surface area contributed by atoms with Gasteiger partial charge in [-0.25, -0.2) is 8.42 Å². The number of nitrogens with one attached hydrogen (secondary N) is 2. The van der Waals surface area contributed by atoms with E-state index in [1.165, 1.54) is 6.26 Å². The molecule has 2 amide bonds. The van der Waals surface area contributed by atoms with Gasteiger partial charge in [0.25, 0.3) is 5.91 Å². The van der Waals surface area contributed by atoms with E-state index in [4.69, 9.17) is 4.42 Å². The van der Waals surface area contributed by atoms with Crippen molar-refractivity contribution in [2.24, 2.45) is 0 Å². The van der Waals surface area contributed by atoms with Crippen LogP contribution in [0.4, 0.5) is 11.4 Å². The third-order valence-electron chi connectivity index (χ3n) is 5.51. The first-order valence-electron chi connectivity index (χ1n) is 10.9. The van der Waals surface area contributed by atoms with Crippen LogP contribution in [0.3, 0.4) is 0 Å². The van der Waals surface area contributed by atoms with Crippen molar-refractivity contribution >= 4 is 33.2 Å². The van der Waals surface area contributed by atoms with Crippen LogP contribution in [0.15, 0.2) is 65.3 Å². The highest BCUT2D eigenvalue weighted by atomic mass is 32.2. The van der Waals surface area contributed by atoms with Crippen LogP contribution in [0.1, 0.15) is 40.6 Å². The Morgan fingerprint density at radius 1 is 1.03 bits per heavy atom. The molecule has 34 heavy (non-hydrogen) atoms. The van der Waals surface area contributed by atoms with Crippen LogP contribution in [0.25, 0.3) is 0 Å². The molecule has 0 spiro atoms. The smallest absolute Gasteiger partial charge is 0.253 e. The maximum atomic E-state index is 13.3. The average Bonchev–Trinajstić information content (AvgIpc) is 3.31. The number of rotatable bonds is 9. The Bertz CT molecular complexity index is 1270. The van der Waals surface area contributed by atoms with Crippen LogP contribution in [0.2, 0.25) is 0 Å². The lowest BCUT2D eigenvalue weighted by atomic mass is 10.1. The molecule has 0 fully saturated rings. The molecule has 3 rings (SSSR count). The van der Waals surface area contributed by atoms with Crippen LogP contribution < -0.4 is 14.9 Å². The van der Waals surface area contributed by atoms with Gasteiger partial charge in [-0.05, 0) is 67.8 Å². The monoisotopic (exact) mass is 483 g/mol.